The van der Waals surface area contributed by atoms with Crippen molar-refractivity contribution in [1.82, 2.24) is 5.32 Å². The largest absolute Gasteiger partial charge is 0.371 e. The number of hydrogen-bond acceptors (Lipinski definition) is 2. The van der Waals surface area contributed by atoms with E-state index in [2.05, 4.69) is 17.1 Å². The molecule has 0 saturated carbocycles. The lowest BCUT2D eigenvalue weighted by atomic mass is 10.1. The van der Waals surface area contributed by atoms with Crippen molar-refractivity contribution in [2.45, 2.75) is 19.8 Å². The normalized spacial score (nSPS) is 19.9. The average molecular weight is 236 g/mol. The molecule has 17 heavy (non-hydrogen) atoms. The molecule has 1 atom stereocenters. The fourth-order valence-electron chi connectivity index (χ4n) is 2.39. The summed E-state index contributed by atoms with van der Waals surface area (Å²) >= 11 is 0. The van der Waals surface area contributed by atoms with Crippen molar-refractivity contribution in [3.05, 3.63) is 30.1 Å². The van der Waals surface area contributed by atoms with E-state index in [1.807, 2.05) is 6.07 Å². The molecule has 1 N–H and O–H groups in total. The predicted molar refractivity (Wildman–Crippen MR) is 69.9 cm³/mol. The van der Waals surface area contributed by atoms with Gasteiger partial charge in [0.2, 0.25) is 0 Å². The Labute approximate surface area is 103 Å². The smallest absolute Gasteiger partial charge is 0.125 e. The summed E-state index contributed by atoms with van der Waals surface area (Å²) in [7, 11) is 0. The van der Waals surface area contributed by atoms with Crippen molar-refractivity contribution in [2.24, 2.45) is 5.92 Å². The van der Waals surface area contributed by atoms with Gasteiger partial charge in [-0.15, -0.1) is 0 Å². The predicted octanol–water partition coefficient (Wildman–Crippen LogP) is 2.65. The van der Waals surface area contributed by atoms with E-state index >= 15 is 0 Å². The second kappa shape index (κ2) is 6.01. The second-order valence-corrected chi connectivity index (χ2v) is 4.78. The van der Waals surface area contributed by atoms with Crippen LogP contribution >= 0.6 is 0 Å². The fraction of sp³-hybridized carbons (Fsp3) is 0.571. The molecule has 1 aromatic carbocycles. The van der Waals surface area contributed by atoms with Crippen LogP contribution in [0.5, 0.6) is 0 Å². The zero-order chi connectivity index (χ0) is 12.1. The third kappa shape index (κ3) is 3.43. The molecule has 1 fully saturated rings. The van der Waals surface area contributed by atoms with Crippen LogP contribution in [-0.4, -0.2) is 26.2 Å². The van der Waals surface area contributed by atoms with Gasteiger partial charge < -0.3 is 10.2 Å². The lowest BCUT2D eigenvalue weighted by Gasteiger charge is -2.18. The minimum absolute atomic E-state index is 0.143. The van der Waals surface area contributed by atoms with Crippen molar-refractivity contribution >= 4 is 5.69 Å². The summed E-state index contributed by atoms with van der Waals surface area (Å²) in [5.41, 5.74) is 1.02. The van der Waals surface area contributed by atoms with Crippen LogP contribution in [0.25, 0.3) is 0 Å². The molecule has 0 aliphatic carbocycles. The van der Waals surface area contributed by atoms with Gasteiger partial charge >= 0.3 is 0 Å². The molecule has 2 rings (SSSR count). The summed E-state index contributed by atoms with van der Waals surface area (Å²) in [6.45, 7) is 6.44. The highest BCUT2D eigenvalue weighted by molar-refractivity contribution is 5.47. The number of nitrogens with one attached hydrogen (secondary N) is 1. The third-order valence-electron chi connectivity index (χ3n) is 3.32. The first-order valence-corrected chi connectivity index (χ1v) is 6.51. The highest BCUT2D eigenvalue weighted by atomic mass is 19.1. The maximum Gasteiger partial charge on any atom is 0.125 e. The first-order valence-electron chi connectivity index (χ1n) is 6.51. The molecule has 1 unspecified atom stereocenters. The number of halogens is 1. The second-order valence-electron chi connectivity index (χ2n) is 4.78. The molecule has 0 spiro atoms. The molecule has 1 aliphatic rings. The highest BCUT2D eigenvalue weighted by Crippen LogP contribution is 2.23. The topological polar surface area (TPSA) is 15.3 Å². The van der Waals surface area contributed by atoms with Crippen LogP contribution in [0.3, 0.4) is 0 Å². The standard InChI is InChI=1S/C14H21FN2/c1-2-7-16-10-12-6-8-17(11-12)14-5-3-4-13(15)9-14/h3-5,9,12,16H,2,6-8,10-11H2,1H3. The van der Waals surface area contributed by atoms with Crippen LogP contribution in [0.2, 0.25) is 0 Å². The Bertz CT molecular complexity index is 354. The molecule has 0 amide bonds. The van der Waals surface area contributed by atoms with Crippen LogP contribution in [0.4, 0.5) is 10.1 Å². The maximum absolute atomic E-state index is 13.1. The van der Waals surface area contributed by atoms with Crippen LogP contribution in [-0.2, 0) is 0 Å². The quantitative estimate of drug-likeness (QED) is 0.791. The lowest BCUT2D eigenvalue weighted by molar-refractivity contribution is 0.516. The number of anilines is 1. The van der Waals surface area contributed by atoms with E-state index in [-0.39, 0.29) is 5.82 Å². The average Bonchev–Trinajstić information content (AvgIpc) is 2.78. The molecule has 94 valence electrons. The minimum atomic E-state index is -0.143. The fourth-order valence-corrected chi connectivity index (χ4v) is 2.39. The molecule has 1 heterocycles. The molecule has 0 bridgehead atoms. The number of hydrogen-bond donors (Lipinski definition) is 1. The Hall–Kier alpha value is -1.09. The van der Waals surface area contributed by atoms with Gasteiger partial charge in [-0.05, 0) is 50.0 Å². The molecule has 1 saturated heterocycles. The van der Waals surface area contributed by atoms with Gasteiger partial charge in [0.1, 0.15) is 5.82 Å². The monoisotopic (exact) mass is 236 g/mol. The van der Waals surface area contributed by atoms with Gasteiger partial charge in [0, 0.05) is 18.8 Å². The van der Waals surface area contributed by atoms with Gasteiger partial charge in [-0.25, -0.2) is 4.39 Å². The van der Waals surface area contributed by atoms with Crippen LogP contribution in [0.15, 0.2) is 24.3 Å². The van der Waals surface area contributed by atoms with Crippen LogP contribution < -0.4 is 10.2 Å². The van der Waals surface area contributed by atoms with Crippen molar-refractivity contribution in [3.8, 4) is 0 Å². The summed E-state index contributed by atoms with van der Waals surface area (Å²) < 4.78 is 13.1. The van der Waals surface area contributed by atoms with Gasteiger partial charge in [-0.3, -0.25) is 0 Å². The van der Waals surface area contributed by atoms with Crippen molar-refractivity contribution < 1.29 is 4.39 Å². The molecule has 0 aromatic heterocycles. The van der Waals surface area contributed by atoms with E-state index < -0.39 is 0 Å². The number of rotatable bonds is 5. The van der Waals surface area contributed by atoms with Gasteiger partial charge in [0.25, 0.3) is 0 Å². The molecule has 1 aromatic rings. The maximum atomic E-state index is 13.1. The van der Waals surface area contributed by atoms with Crippen LogP contribution in [0, 0.1) is 11.7 Å². The van der Waals surface area contributed by atoms with Crippen molar-refractivity contribution in [2.75, 3.05) is 31.1 Å². The van der Waals surface area contributed by atoms with E-state index in [9.17, 15) is 4.39 Å². The number of benzene rings is 1. The Kier molecular flexibility index (Phi) is 4.37. The molecular formula is C14H21FN2. The minimum Gasteiger partial charge on any atom is -0.371 e. The Balaban J connectivity index is 1.85. The van der Waals surface area contributed by atoms with E-state index in [0.717, 1.165) is 31.9 Å². The summed E-state index contributed by atoms with van der Waals surface area (Å²) in [5, 5.41) is 3.46. The highest BCUT2D eigenvalue weighted by Gasteiger charge is 2.22. The Morgan fingerprint density at radius 1 is 1.47 bits per heavy atom. The van der Waals surface area contributed by atoms with Gasteiger partial charge in [-0.1, -0.05) is 13.0 Å². The summed E-state index contributed by atoms with van der Waals surface area (Å²) in [6, 6.07) is 6.90. The van der Waals surface area contributed by atoms with Gasteiger partial charge in [-0.2, -0.15) is 0 Å². The SMILES string of the molecule is CCCNCC1CCN(c2cccc(F)c2)C1. The third-order valence-corrected chi connectivity index (χ3v) is 3.32. The zero-order valence-electron chi connectivity index (χ0n) is 10.5. The first-order chi connectivity index (χ1) is 8.29. The van der Waals surface area contributed by atoms with Crippen LogP contribution in [0.1, 0.15) is 19.8 Å². The van der Waals surface area contributed by atoms with E-state index in [0.29, 0.717) is 5.92 Å². The van der Waals surface area contributed by atoms with Crippen molar-refractivity contribution in [1.29, 1.82) is 0 Å². The molecule has 1 aliphatic heterocycles. The molecule has 0 radical (unpaired) electrons. The first kappa shape index (κ1) is 12.4. The molecular weight excluding hydrogens is 215 g/mol. The summed E-state index contributed by atoms with van der Waals surface area (Å²) in [4.78, 5) is 2.28. The van der Waals surface area contributed by atoms with Crippen molar-refractivity contribution in [3.63, 3.8) is 0 Å². The number of nitrogens with zero attached hydrogens (tertiary/aromatic N) is 1. The van der Waals surface area contributed by atoms with Gasteiger partial charge in [0.05, 0.1) is 0 Å². The van der Waals surface area contributed by atoms with E-state index in [4.69, 9.17) is 0 Å². The Morgan fingerprint density at radius 2 is 2.35 bits per heavy atom. The van der Waals surface area contributed by atoms with E-state index in [1.54, 1.807) is 12.1 Å². The van der Waals surface area contributed by atoms with Gasteiger partial charge in [0.15, 0.2) is 0 Å². The Morgan fingerprint density at radius 3 is 3.12 bits per heavy atom. The summed E-state index contributed by atoms with van der Waals surface area (Å²) in [5.74, 6) is 0.555. The zero-order valence-corrected chi connectivity index (χ0v) is 10.5. The lowest BCUT2D eigenvalue weighted by Crippen LogP contribution is -2.26. The van der Waals surface area contributed by atoms with E-state index in [1.165, 1.54) is 18.9 Å². The molecule has 3 heteroatoms. The summed E-state index contributed by atoms with van der Waals surface area (Å²) in [6.07, 6.45) is 2.38. The molecule has 2 nitrogen and oxygen atoms in total.